The molecule has 7 N–H and O–H groups in total. The molecule has 5 aromatic carbocycles. The van der Waals surface area contributed by atoms with Gasteiger partial charge in [0, 0.05) is 23.2 Å². The van der Waals surface area contributed by atoms with Gasteiger partial charge >= 0.3 is 0 Å². The van der Waals surface area contributed by atoms with Crippen molar-refractivity contribution in [2.24, 2.45) is 5.41 Å². The Bertz CT molecular complexity index is 2380. The van der Waals surface area contributed by atoms with E-state index in [0.717, 1.165) is 35.1 Å². The average Bonchev–Trinajstić information content (AvgIpc) is 3.52. The molecule has 0 aromatic heterocycles. The van der Waals surface area contributed by atoms with Crippen molar-refractivity contribution in [3.05, 3.63) is 113 Å². The maximum Gasteiger partial charge on any atom is 0.186 e. The Balaban J connectivity index is 1.50. The molecule has 0 saturated heterocycles. The number of hydrogen-bond acceptors (Lipinski definition) is 8. The van der Waals surface area contributed by atoms with E-state index in [1.165, 1.54) is 11.1 Å². The summed E-state index contributed by atoms with van der Waals surface area (Å²) in [5.41, 5.74) is 3.20. The third-order valence-corrected chi connectivity index (χ3v) is 11.6. The molecule has 8 nitrogen and oxygen atoms in total. The number of nitrogens with zero attached hydrogens (tertiary/aromatic N) is 1. The summed E-state index contributed by atoms with van der Waals surface area (Å²) >= 11 is 0. The first-order valence-corrected chi connectivity index (χ1v) is 18.2. The van der Waals surface area contributed by atoms with Crippen LogP contribution in [0.2, 0.25) is 0 Å². The van der Waals surface area contributed by atoms with Crippen LogP contribution in [0.5, 0.6) is 40.2 Å². The Kier molecular flexibility index (Phi) is 8.95. The molecular weight excluding hydrogens is 688 g/mol. The van der Waals surface area contributed by atoms with Crippen LogP contribution in [0, 0.1) is 5.41 Å². The highest BCUT2D eigenvalue weighted by atomic mass is 16.3. The van der Waals surface area contributed by atoms with Gasteiger partial charge in [-0.05, 0) is 87.1 Å². The molecular formula is C45H43B2NO7. The highest BCUT2D eigenvalue weighted by Crippen LogP contribution is 2.65. The highest BCUT2D eigenvalue weighted by Gasteiger charge is 2.56. The molecule has 0 aliphatic heterocycles. The minimum absolute atomic E-state index is 0.109. The van der Waals surface area contributed by atoms with Crippen LogP contribution in [-0.4, -0.2) is 58.0 Å². The molecule has 1 atom stereocenters. The molecule has 0 amide bonds. The second kappa shape index (κ2) is 13.1. The topological polar surface area (TPSA) is 145 Å². The van der Waals surface area contributed by atoms with Crippen molar-refractivity contribution in [2.45, 2.75) is 58.3 Å². The number of phenols is 7. The zero-order valence-corrected chi connectivity index (χ0v) is 31.5. The van der Waals surface area contributed by atoms with Gasteiger partial charge in [0.1, 0.15) is 32.9 Å². The van der Waals surface area contributed by atoms with Gasteiger partial charge in [-0.15, -0.1) is 0 Å². The van der Waals surface area contributed by atoms with Crippen LogP contribution >= 0.6 is 0 Å². The molecule has 0 fully saturated rings. The fraction of sp³-hybridized carbons (Fsp3) is 0.244. The number of anilines is 2. The quantitative estimate of drug-likeness (QED) is 0.0515. The lowest BCUT2D eigenvalue weighted by atomic mass is 9.71. The van der Waals surface area contributed by atoms with Crippen molar-refractivity contribution >= 4 is 38.0 Å². The smallest absolute Gasteiger partial charge is 0.186 e. The van der Waals surface area contributed by atoms with E-state index < -0.39 is 67.7 Å². The van der Waals surface area contributed by atoms with Crippen molar-refractivity contribution in [3.8, 4) is 62.5 Å². The van der Waals surface area contributed by atoms with Crippen LogP contribution in [-0.2, 0) is 10.8 Å². The third kappa shape index (κ3) is 5.69. The SMILES string of the molecule is [B]c1c(O)c(O)c([B])c(-c2c(O)c(O)c(N(CC3=C(/C=C\C)C4(CC3(C)C)CC(C)(C)c3ccccc34)c3cccc(-c4ccccc4)c3)c(O)c2O)c1O. The van der Waals surface area contributed by atoms with Crippen LogP contribution < -0.4 is 15.8 Å². The molecule has 0 saturated carbocycles. The molecule has 4 radical (unpaired) electrons. The normalized spacial score (nSPS) is 18.3. The van der Waals surface area contributed by atoms with Crippen molar-refractivity contribution in [2.75, 3.05) is 11.4 Å². The maximum absolute atomic E-state index is 12.0. The van der Waals surface area contributed by atoms with Crippen molar-refractivity contribution in [3.63, 3.8) is 0 Å². The first-order chi connectivity index (χ1) is 26.0. The van der Waals surface area contributed by atoms with E-state index in [1.54, 1.807) is 4.90 Å². The van der Waals surface area contributed by atoms with Gasteiger partial charge in [0.05, 0.1) is 5.56 Å². The van der Waals surface area contributed by atoms with Crippen LogP contribution in [0.15, 0.2) is 102 Å². The van der Waals surface area contributed by atoms with Crippen LogP contribution in [0.25, 0.3) is 22.3 Å². The Morgan fingerprint density at radius 1 is 0.600 bits per heavy atom. The summed E-state index contributed by atoms with van der Waals surface area (Å²) in [6.07, 6.45) is 5.86. The fourth-order valence-electron chi connectivity index (χ4n) is 9.29. The van der Waals surface area contributed by atoms with Gasteiger partial charge in [0.25, 0.3) is 0 Å². The Morgan fingerprint density at radius 2 is 1.16 bits per heavy atom. The zero-order chi connectivity index (χ0) is 39.8. The van der Waals surface area contributed by atoms with Gasteiger partial charge in [-0.25, -0.2) is 0 Å². The second-order valence-corrected chi connectivity index (χ2v) is 16.0. The van der Waals surface area contributed by atoms with Gasteiger partial charge in [0.2, 0.25) is 0 Å². The van der Waals surface area contributed by atoms with Crippen molar-refractivity contribution in [1.82, 2.24) is 0 Å². The van der Waals surface area contributed by atoms with Crippen molar-refractivity contribution < 1.29 is 35.7 Å². The Morgan fingerprint density at radius 3 is 1.80 bits per heavy atom. The van der Waals surface area contributed by atoms with Gasteiger partial charge in [-0.2, -0.15) is 0 Å². The molecule has 10 heteroatoms. The lowest BCUT2D eigenvalue weighted by Crippen LogP contribution is -2.27. The number of allylic oxidation sites excluding steroid dienone is 3. The lowest BCUT2D eigenvalue weighted by Gasteiger charge is -2.33. The molecule has 1 unspecified atom stereocenters. The van der Waals surface area contributed by atoms with E-state index in [9.17, 15) is 35.7 Å². The number of fused-ring (bicyclic) bond motifs is 2. The fourth-order valence-corrected chi connectivity index (χ4v) is 9.29. The van der Waals surface area contributed by atoms with Gasteiger partial charge in [0.15, 0.2) is 28.7 Å². The van der Waals surface area contributed by atoms with Crippen LogP contribution in [0.4, 0.5) is 11.4 Å². The minimum Gasteiger partial charge on any atom is -0.508 e. The second-order valence-electron chi connectivity index (χ2n) is 16.0. The molecule has 1 spiro atoms. The monoisotopic (exact) mass is 731 g/mol. The summed E-state index contributed by atoms with van der Waals surface area (Å²) in [6, 6.07) is 25.8. The summed E-state index contributed by atoms with van der Waals surface area (Å²) < 4.78 is 0. The highest BCUT2D eigenvalue weighted by molar-refractivity contribution is 6.44. The van der Waals surface area contributed by atoms with E-state index in [4.69, 9.17) is 15.7 Å². The summed E-state index contributed by atoms with van der Waals surface area (Å²) in [5.74, 6) is -6.34. The number of benzene rings is 5. The van der Waals surface area contributed by atoms with Crippen LogP contribution in [0.3, 0.4) is 0 Å². The number of phenolic OH excluding ortho intramolecular Hbond substituents is 7. The molecule has 2 aliphatic rings. The van der Waals surface area contributed by atoms with Gasteiger partial charge in [-0.3, -0.25) is 0 Å². The largest absolute Gasteiger partial charge is 0.508 e. The summed E-state index contributed by atoms with van der Waals surface area (Å²) in [6.45, 7) is 11.0. The predicted molar refractivity (Wildman–Crippen MR) is 219 cm³/mol. The summed E-state index contributed by atoms with van der Waals surface area (Å²) in [4.78, 5) is 1.66. The molecule has 276 valence electrons. The van der Waals surface area contributed by atoms with Gasteiger partial charge < -0.3 is 40.6 Å². The maximum atomic E-state index is 12.0. The van der Waals surface area contributed by atoms with Gasteiger partial charge in [-0.1, -0.05) is 107 Å². The van der Waals surface area contributed by atoms with E-state index >= 15 is 0 Å². The predicted octanol–water partition coefficient (Wildman–Crippen LogP) is 7.61. The van der Waals surface area contributed by atoms with Crippen LogP contribution in [0.1, 0.15) is 58.6 Å². The molecule has 7 rings (SSSR count). The first kappa shape index (κ1) is 37.4. The Labute approximate surface area is 323 Å². The average molecular weight is 731 g/mol. The zero-order valence-electron chi connectivity index (χ0n) is 31.5. The summed E-state index contributed by atoms with van der Waals surface area (Å²) in [7, 11) is 11.9. The lowest BCUT2D eigenvalue weighted by molar-refractivity contribution is 0.316. The number of hydrogen-bond donors (Lipinski definition) is 7. The molecule has 5 aromatic rings. The summed E-state index contributed by atoms with van der Waals surface area (Å²) in [5, 5.41) is 78.8. The molecule has 55 heavy (non-hydrogen) atoms. The van der Waals surface area contributed by atoms with E-state index in [0.29, 0.717) is 5.69 Å². The van der Waals surface area contributed by atoms with E-state index in [2.05, 4.69) is 58.0 Å². The molecule has 0 heterocycles. The number of aromatic hydroxyl groups is 7. The molecule has 0 bridgehead atoms. The standard InChI is InChI=1S/C45H43B2NO7/c1-6-13-28-30(44(4,5)23-45(28)22-43(2,3)27-18-10-11-19-29(27)45)21-48(26-17-12-16-25(20-26)24-14-8-7-9-15-24)35-41(54)37(50)32(38(51)42(35)55)31-33(46)39(52)40(53)34(47)36(31)49/h6-20,49-55H,21-23H2,1-5H3/b13-6-. The minimum atomic E-state index is -0.961. The molecule has 2 aliphatic carbocycles. The van der Waals surface area contributed by atoms with E-state index in [1.807, 2.05) is 67.6 Å². The first-order valence-electron chi connectivity index (χ1n) is 18.2. The number of rotatable bonds is 7. The third-order valence-electron chi connectivity index (χ3n) is 11.6. The van der Waals surface area contributed by atoms with Crippen molar-refractivity contribution in [1.29, 1.82) is 0 Å². The Hall–Kier alpha value is -5.89. The van der Waals surface area contributed by atoms with E-state index in [-0.39, 0.29) is 23.1 Å².